The van der Waals surface area contributed by atoms with Gasteiger partial charge in [-0.2, -0.15) is 0 Å². The van der Waals surface area contributed by atoms with Gasteiger partial charge in [0.1, 0.15) is 5.75 Å². The number of guanidine groups is 1. The standard InChI is InChI=1S/C14H23N3O2/c1-15-14(17-10-11-18-2)16-9-8-12-6-4-5-7-13(12)19-3/h4-7H,8-11H2,1-3H3,(H2,15,16,17). The van der Waals surface area contributed by atoms with Crippen LogP contribution in [0.1, 0.15) is 5.56 Å². The van der Waals surface area contributed by atoms with Crippen LogP contribution in [-0.2, 0) is 11.2 Å². The smallest absolute Gasteiger partial charge is 0.191 e. The zero-order valence-electron chi connectivity index (χ0n) is 11.9. The van der Waals surface area contributed by atoms with Crippen molar-refractivity contribution in [2.24, 2.45) is 4.99 Å². The number of nitrogens with zero attached hydrogens (tertiary/aromatic N) is 1. The molecular formula is C14H23N3O2. The van der Waals surface area contributed by atoms with E-state index in [1.165, 1.54) is 5.56 Å². The summed E-state index contributed by atoms with van der Waals surface area (Å²) in [5, 5.41) is 6.42. The number of methoxy groups -OCH3 is 2. The summed E-state index contributed by atoms with van der Waals surface area (Å²) in [7, 11) is 5.13. The highest BCUT2D eigenvalue weighted by atomic mass is 16.5. The summed E-state index contributed by atoms with van der Waals surface area (Å²) < 4.78 is 10.3. The maximum absolute atomic E-state index is 5.32. The van der Waals surface area contributed by atoms with Crippen molar-refractivity contribution in [3.05, 3.63) is 29.8 Å². The van der Waals surface area contributed by atoms with Gasteiger partial charge in [-0.25, -0.2) is 0 Å². The number of hydrogen-bond acceptors (Lipinski definition) is 3. The van der Waals surface area contributed by atoms with Crippen LogP contribution in [0.2, 0.25) is 0 Å². The Morgan fingerprint density at radius 1 is 1.16 bits per heavy atom. The minimum atomic E-state index is 0.660. The molecule has 5 nitrogen and oxygen atoms in total. The summed E-state index contributed by atoms with van der Waals surface area (Å²) in [4.78, 5) is 4.14. The molecule has 0 fully saturated rings. The molecule has 19 heavy (non-hydrogen) atoms. The molecule has 0 saturated heterocycles. The van der Waals surface area contributed by atoms with Gasteiger partial charge in [-0.1, -0.05) is 18.2 Å². The monoisotopic (exact) mass is 265 g/mol. The highest BCUT2D eigenvalue weighted by Crippen LogP contribution is 2.17. The summed E-state index contributed by atoms with van der Waals surface area (Å²) in [5.41, 5.74) is 1.19. The highest BCUT2D eigenvalue weighted by molar-refractivity contribution is 5.79. The van der Waals surface area contributed by atoms with Gasteiger partial charge in [0.25, 0.3) is 0 Å². The van der Waals surface area contributed by atoms with E-state index in [2.05, 4.69) is 21.7 Å². The Kier molecular flexibility index (Phi) is 7.43. The average Bonchev–Trinajstić information content (AvgIpc) is 2.46. The van der Waals surface area contributed by atoms with Crippen molar-refractivity contribution >= 4 is 5.96 Å². The van der Waals surface area contributed by atoms with E-state index in [4.69, 9.17) is 9.47 Å². The number of ether oxygens (including phenoxy) is 2. The molecule has 0 saturated carbocycles. The molecular weight excluding hydrogens is 242 g/mol. The van der Waals surface area contributed by atoms with Crippen LogP contribution in [0, 0.1) is 0 Å². The highest BCUT2D eigenvalue weighted by Gasteiger charge is 2.02. The van der Waals surface area contributed by atoms with Crippen LogP contribution < -0.4 is 15.4 Å². The van der Waals surface area contributed by atoms with Crippen molar-refractivity contribution in [2.45, 2.75) is 6.42 Å². The van der Waals surface area contributed by atoms with E-state index in [1.54, 1.807) is 21.3 Å². The van der Waals surface area contributed by atoms with E-state index >= 15 is 0 Å². The van der Waals surface area contributed by atoms with Crippen molar-refractivity contribution in [1.82, 2.24) is 10.6 Å². The molecule has 0 aromatic heterocycles. The molecule has 0 aliphatic heterocycles. The van der Waals surface area contributed by atoms with E-state index < -0.39 is 0 Å². The second-order valence-corrected chi connectivity index (χ2v) is 3.98. The van der Waals surface area contributed by atoms with Crippen molar-refractivity contribution in [3.63, 3.8) is 0 Å². The van der Waals surface area contributed by atoms with E-state index in [9.17, 15) is 0 Å². The number of aliphatic imine (C=N–C) groups is 1. The third kappa shape index (κ3) is 5.61. The van der Waals surface area contributed by atoms with E-state index in [-0.39, 0.29) is 0 Å². The Labute approximate surface area is 115 Å². The van der Waals surface area contributed by atoms with Gasteiger partial charge in [0.15, 0.2) is 5.96 Å². The van der Waals surface area contributed by atoms with Crippen molar-refractivity contribution in [3.8, 4) is 5.75 Å². The predicted octanol–water partition coefficient (Wildman–Crippen LogP) is 1.05. The average molecular weight is 265 g/mol. The molecule has 1 rings (SSSR count). The van der Waals surface area contributed by atoms with Gasteiger partial charge in [-0.15, -0.1) is 0 Å². The number of benzene rings is 1. The van der Waals surface area contributed by atoms with Gasteiger partial charge >= 0.3 is 0 Å². The number of rotatable bonds is 7. The van der Waals surface area contributed by atoms with Crippen LogP contribution in [0.3, 0.4) is 0 Å². The quantitative estimate of drug-likeness (QED) is 0.439. The molecule has 0 heterocycles. The van der Waals surface area contributed by atoms with Crippen LogP contribution in [-0.4, -0.2) is 46.9 Å². The molecule has 0 bridgehead atoms. The van der Waals surface area contributed by atoms with Crippen LogP contribution in [0.15, 0.2) is 29.3 Å². The molecule has 0 radical (unpaired) electrons. The van der Waals surface area contributed by atoms with Crippen LogP contribution in [0.5, 0.6) is 5.75 Å². The van der Waals surface area contributed by atoms with Crippen LogP contribution in [0.25, 0.3) is 0 Å². The third-order valence-corrected chi connectivity index (χ3v) is 2.70. The number of para-hydroxylation sites is 1. The first-order valence-electron chi connectivity index (χ1n) is 6.37. The van der Waals surface area contributed by atoms with E-state index in [0.29, 0.717) is 6.61 Å². The maximum atomic E-state index is 5.32. The van der Waals surface area contributed by atoms with Crippen LogP contribution in [0.4, 0.5) is 0 Å². The first kappa shape index (κ1) is 15.3. The Morgan fingerprint density at radius 3 is 2.58 bits per heavy atom. The summed E-state index contributed by atoms with van der Waals surface area (Å²) in [6.07, 6.45) is 0.884. The lowest BCUT2D eigenvalue weighted by molar-refractivity contribution is 0.203. The van der Waals surface area contributed by atoms with E-state index in [0.717, 1.165) is 31.2 Å². The minimum Gasteiger partial charge on any atom is -0.496 e. The SMILES string of the molecule is CN=C(NCCOC)NCCc1ccccc1OC. The fourth-order valence-corrected chi connectivity index (χ4v) is 1.72. The Hall–Kier alpha value is -1.75. The normalized spacial score (nSPS) is 11.2. The minimum absolute atomic E-state index is 0.660. The molecule has 0 aliphatic carbocycles. The second kappa shape index (κ2) is 9.22. The zero-order chi connectivity index (χ0) is 13.9. The largest absolute Gasteiger partial charge is 0.496 e. The molecule has 2 N–H and O–H groups in total. The fourth-order valence-electron chi connectivity index (χ4n) is 1.72. The van der Waals surface area contributed by atoms with Gasteiger partial charge < -0.3 is 20.1 Å². The second-order valence-electron chi connectivity index (χ2n) is 3.98. The van der Waals surface area contributed by atoms with Gasteiger partial charge in [-0.3, -0.25) is 4.99 Å². The summed E-state index contributed by atoms with van der Waals surface area (Å²) in [5.74, 6) is 1.71. The lowest BCUT2D eigenvalue weighted by Gasteiger charge is -2.12. The molecule has 1 aromatic carbocycles. The first-order chi connectivity index (χ1) is 9.31. The number of hydrogen-bond donors (Lipinski definition) is 2. The molecule has 106 valence electrons. The lowest BCUT2D eigenvalue weighted by Crippen LogP contribution is -2.39. The van der Waals surface area contributed by atoms with Crippen molar-refractivity contribution in [2.75, 3.05) is 41.0 Å². The van der Waals surface area contributed by atoms with Crippen molar-refractivity contribution < 1.29 is 9.47 Å². The summed E-state index contributed by atoms with van der Waals surface area (Å²) in [6.45, 7) is 2.20. The molecule has 0 atom stereocenters. The Bertz CT molecular complexity index is 394. The molecule has 0 spiro atoms. The Morgan fingerprint density at radius 2 is 1.89 bits per heavy atom. The maximum Gasteiger partial charge on any atom is 0.191 e. The van der Waals surface area contributed by atoms with Gasteiger partial charge in [-0.05, 0) is 18.1 Å². The number of nitrogens with one attached hydrogen (secondary N) is 2. The topological polar surface area (TPSA) is 54.9 Å². The van der Waals surface area contributed by atoms with Gasteiger partial charge in [0.05, 0.1) is 13.7 Å². The molecule has 1 aromatic rings. The summed E-state index contributed by atoms with van der Waals surface area (Å²) >= 11 is 0. The van der Waals surface area contributed by atoms with Crippen molar-refractivity contribution in [1.29, 1.82) is 0 Å². The molecule has 0 unspecified atom stereocenters. The zero-order valence-corrected chi connectivity index (χ0v) is 11.9. The van der Waals surface area contributed by atoms with E-state index in [1.807, 2.05) is 18.2 Å². The summed E-state index contributed by atoms with van der Waals surface area (Å²) in [6, 6.07) is 8.03. The Balaban J connectivity index is 2.36. The predicted molar refractivity (Wildman–Crippen MR) is 77.9 cm³/mol. The van der Waals surface area contributed by atoms with Gasteiger partial charge in [0.2, 0.25) is 0 Å². The third-order valence-electron chi connectivity index (χ3n) is 2.70. The van der Waals surface area contributed by atoms with Gasteiger partial charge in [0, 0.05) is 27.2 Å². The molecule has 5 heteroatoms. The first-order valence-corrected chi connectivity index (χ1v) is 6.37. The lowest BCUT2D eigenvalue weighted by atomic mass is 10.1. The fraction of sp³-hybridized carbons (Fsp3) is 0.500. The molecule has 0 amide bonds. The van der Waals surface area contributed by atoms with Crippen LogP contribution >= 0.6 is 0 Å². The molecule has 0 aliphatic rings.